The van der Waals surface area contributed by atoms with Gasteiger partial charge in [-0.2, -0.15) is 0 Å². The van der Waals surface area contributed by atoms with E-state index in [9.17, 15) is 13.5 Å². The number of benzene rings is 1. The standard InChI is InChI=1S/C20H24ClN5O3S/c1-20-15-10-14(24-18(27)16-9-7-13(21)11-23-16)8-6-12(15)4-3-5-17(20)30(28,29)26(2)19(22)25-20/h6-11,17-18,24,27H,3-5H2,1-2H3,(H2,22,25)/t17?,18?,20-/m1/s1. The lowest BCUT2D eigenvalue weighted by molar-refractivity contribution is 0.203. The van der Waals surface area contributed by atoms with E-state index in [1.807, 2.05) is 25.1 Å². The smallest absolute Gasteiger partial charge is 0.242 e. The van der Waals surface area contributed by atoms with Crippen molar-refractivity contribution >= 4 is 33.3 Å². The number of aliphatic hydroxyl groups excluding tert-OH is 1. The van der Waals surface area contributed by atoms with Crippen molar-refractivity contribution in [1.29, 1.82) is 0 Å². The zero-order valence-electron chi connectivity index (χ0n) is 16.7. The zero-order valence-corrected chi connectivity index (χ0v) is 18.3. The van der Waals surface area contributed by atoms with Crippen LogP contribution in [0.3, 0.4) is 0 Å². The second-order valence-corrected chi connectivity index (χ2v) is 10.4. The first-order valence-electron chi connectivity index (χ1n) is 9.65. The SMILES string of the molecule is CN1C(N)=N[C@]2(C)c3cc(NC(O)c4ccc(Cl)cn4)ccc3CCCC2S1(=O)=O. The van der Waals surface area contributed by atoms with Gasteiger partial charge in [0.1, 0.15) is 10.8 Å². The van der Waals surface area contributed by atoms with Gasteiger partial charge in [0, 0.05) is 18.9 Å². The third kappa shape index (κ3) is 3.40. The molecule has 30 heavy (non-hydrogen) atoms. The van der Waals surface area contributed by atoms with E-state index < -0.39 is 27.0 Å². The molecule has 0 amide bonds. The molecule has 3 atom stereocenters. The van der Waals surface area contributed by atoms with Crippen LogP contribution >= 0.6 is 11.6 Å². The number of hydrogen-bond acceptors (Lipinski definition) is 7. The summed E-state index contributed by atoms with van der Waals surface area (Å²) >= 11 is 5.86. The number of nitrogens with two attached hydrogens (primary N) is 1. The first-order valence-corrected chi connectivity index (χ1v) is 11.5. The Morgan fingerprint density at radius 1 is 1.37 bits per heavy atom. The van der Waals surface area contributed by atoms with E-state index in [1.54, 1.807) is 12.1 Å². The van der Waals surface area contributed by atoms with Gasteiger partial charge in [0.25, 0.3) is 0 Å². The van der Waals surface area contributed by atoms with Crippen molar-refractivity contribution in [2.24, 2.45) is 10.7 Å². The highest BCUT2D eigenvalue weighted by molar-refractivity contribution is 7.90. The van der Waals surface area contributed by atoms with E-state index in [2.05, 4.69) is 15.3 Å². The van der Waals surface area contributed by atoms with Crippen LogP contribution in [0.4, 0.5) is 5.69 Å². The van der Waals surface area contributed by atoms with E-state index in [-0.39, 0.29) is 5.96 Å². The molecule has 2 aromatic rings. The summed E-state index contributed by atoms with van der Waals surface area (Å²) in [5.74, 6) is -0.0228. The quantitative estimate of drug-likeness (QED) is 0.618. The number of nitrogens with one attached hydrogen (secondary N) is 1. The fourth-order valence-corrected chi connectivity index (χ4v) is 6.29. The highest BCUT2D eigenvalue weighted by atomic mass is 35.5. The van der Waals surface area contributed by atoms with E-state index in [0.717, 1.165) is 28.3 Å². The summed E-state index contributed by atoms with van der Waals surface area (Å²) in [4.78, 5) is 8.75. The van der Waals surface area contributed by atoms with Crippen LogP contribution in [0.1, 0.15) is 42.8 Å². The molecule has 1 aliphatic heterocycles. The van der Waals surface area contributed by atoms with Gasteiger partial charge in [0.15, 0.2) is 6.23 Å². The molecule has 160 valence electrons. The molecule has 1 aliphatic carbocycles. The minimum absolute atomic E-state index is 0.0228. The van der Waals surface area contributed by atoms with Crippen LogP contribution in [0.2, 0.25) is 5.02 Å². The number of anilines is 1. The Balaban J connectivity index is 1.75. The van der Waals surface area contributed by atoms with Crippen molar-refractivity contribution < 1.29 is 13.5 Å². The molecule has 2 unspecified atom stereocenters. The largest absolute Gasteiger partial charge is 0.369 e. The molecule has 10 heteroatoms. The number of nitrogens with zero attached hydrogens (tertiary/aromatic N) is 3. The second-order valence-electron chi connectivity index (χ2n) is 7.83. The normalized spacial score (nSPS) is 26.1. The summed E-state index contributed by atoms with van der Waals surface area (Å²) in [6.07, 6.45) is 2.39. The predicted molar refractivity (Wildman–Crippen MR) is 117 cm³/mol. The Labute approximate surface area is 180 Å². The number of fused-ring (bicyclic) bond motifs is 3. The van der Waals surface area contributed by atoms with Gasteiger partial charge in [0.05, 0.1) is 10.7 Å². The lowest BCUT2D eigenvalue weighted by Gasteiger charge is -2.41. The van der Waals surface area contributed by atoms with Gasteiger partial charge in [-0.15, -0.1) is 0 Å². The Hall–Kier alpha value is -2.36. The van der Waals surface area contributed by atoms with Gasteiger partial charge in [-0.25, -0.2) is 17.7 Å². The molecule has 4 N–H and O–H groups in total. The number of rotatable bonds is 3. The summed E-state index contributed by atoms with van der Waals surface area (Å²) in [6, 6.07) is 8.94. The molecule has 0 radical (unpaired) electrons. The van der Waals surface area contributed by atoms with Crippen molar-refractivity contribution in [2.45, 2.75) is 43.2 Å². The minimum Gasteiger partial charge on any atom is -0.369 e. The summed E-state index contributed by atoms with van der Waals surface area (Å²) in [5.41, 5.74) is 7.85. The lowest BCUT2D eigenvalue weighted by atomic mass is 9.86. The maximum atomic E-state index is 13.1. The molecule has 0 saturated carbocycles. The van der Waals surface area contributed by atoms with Gasteiger partial charge < -0.3 is 16.2 Å². The van der Waals surface area contributed by atoms with Gasteiger partial charge in [-0.3, -0.25) is 4.98 Å². The molecule has 0 spiro atoms. The number of aryl methyl sites for hydroxylation is 1. The van der Waals surface area contributed by atoms with Gasteiger partial charge in [-0.05, 0) is 61.6 Å². The Bertz CT molecular complexity index is 1110. The molecule has 1 aromatic carbocycles. The number of hydrogen-bond donors (Lipinski definition) is 3. The van der Waals surface area contributed by atoms with Crippen molar-refractivity contribution in [1.82, 2.24) is 9.29 Å². The molecule has 2 heterocycles. The van der Waals surface area contributed by atoms with Crippen LogP contribution in [0.15, 0.2) is 41.5 Å². The third-order valence-electron chi connectivity index (χ3n) is 5.94. The maximum Gasteiger partial charge on any atom is 0.242 e. The number of aliphatic imine (C=N–C) groups is 1. The Morgan fingerprint density at radius 3 is 2.83 bits per heavy atom. The maximum absolute atomic E-state index is 13.1. The molecule has 0 fully saturated rings. The zero-order chi connectivity index (χ0) is 21.7. The van der Waals surface area contributed by atoms with Crippen molar-refractivity contribution in [3.8, 4) is 0 Å². The predicted octanol–water partition coefficient (Wildman–Crippen LogP) is 2.35. The van der Waals surface area contributed by atoms with Crippen LogP contribution in [0.25, 0.3) is 0 Å². The molecule has 1 aromatic heterocycles. The third-order valence-corrected chi connectivity index (χ3v) is 8.53. The van der Waals surface area contributed by atoms with Crippen molar-refractivity contribution in [3.63, 3.8) is 0 Å². The highest BCUT2D eigenvalue weighted by Gasteiger charge is 2.51. The first-order chi connectivity index (χ1) is 14.1. The molecular weight excluding hydrogens is 426 g/mol. The first kappa shape index (κ1) is 20.9. The van der Waals surface area contributed by atoms with Crippen LogP contribution in [-0.2, 0) is 22.0 Å². The fraction of sp³-hybridized carbons (Fsp3) is 0.400. The molecule has 4 rings (SSSR count). The van der Waals surface area contributed by atoms with Crippen LogP contribution in [-0.4, -0.2) is 41.1 Å². The van der Waals surface area contributed by atoms with Crippen molar-refractivity contribution in [2.75, 3.05) is 12.4 Å². The summed E-state index contributed by atoms with van der Waals surface area (Å²) < 4.78 is 27.3. The van der Waals surface area contributed by atoms with Gasteiger partial charge in [0.2, 0.25) is 16.0 Å². The number of aliphatic hydroxyl groups is 1. The molecule has 0 saturated heterocycles. The minimum atomic E-state index is -3.63. The molecule has 0 bridgehead atoms. The number of guanidine groups is 1. The van der Waals surface area contributed by atoms with E-state index in [1.165, 1.54) is 13.2 Å². The van der Waals surface area contributed by atoms with E-state index >= 15 is 0 Å². The summed E-state index contributed by atoms with van der Waals surface area (Å²) in [6.45, 7) is 1.82. The topological polar surface area (TPSA) is 121 Å². The summed E-state index contributed by atoms with van der Waals surface area (Å²) in [5, 5.41) is 13.3. The van der Waals surface area contributed by atoms with Crippen molar-refractivity contribution in [3.05, 3.63) is 58.4 Å². The lowest BCUT2D eigenvalue weighted by Crippen LogP contribution is -2.56. The molecular formula is C20H24ClN5O3S. The number of sulfonamides is 1. The second kappa shape index (κ2) is 7.40. The average molecular weight is 450 g/mol. The number of pyridine rings is 1. The number of aromatic nitrogens is 1. The Morgan fingerprint density at radius 2 is 2.13 bits per heavy atom. The summed E-state index contributed by atoms with van der Waals surface area (Å²) in [7, 11) is -2.20. The van der Waals surface area contributed by atoms with Crippen LogP contribution in [0.5, 0.6) is 0 Å². The van der Waals surface area contributed by atoms with Gasteiger partial charge >= 0.3 is 0 Å². The molecule has 2 aliphatic rings. The fourth-order valence-electron chi connectivity index (χ4n) is 4.27. The average Bonchev–Trinajstić information content (AvgIpc) is 2.84. The van der Waals surface area contributed by atoms with E-state index in [4.69, 9.17) is 17.3 Å². The Kier molecular flexibility index (Phi) is 5.16. The highest BCUT2D eigenvalue weighted by Crippen LogP contribution is 2.44. The van der Waals surface area contributed by atoms with Gasteiger partial charge in [-0.1, -0.05) is 17.7 Å². The number of halogens is 1. The van der Waals surface area contributed by atoms with E-state index in [0.29, 0.717) is 22.8 Å². The van der Waals surface area contributed by atoms with Crippen LogP contribution < -0.4 is 11.1 Å². The monoisotopic (exact) mass is 449 g/mol. The molecule has 8 nitrogen and oxygen atoms in total. The van der Waals surface area contributed by atoms with Crippen LogP contribution in [0, 0.1) is 0 Å².